The van der Waals surface area contributed by atoms with E-state index in [1.165, 1.54) is 37.6 Å². The molecule has 0 spiro atoms. The molecule has 0 atom stereocenters. The summed E-state index contributed by atoms with van der Waals surface area (Å²) in [6.07, 6.45) is 3.09. The van der Waals surface area contributed by atoms with Gasteiger partial charge in [0.2, 0.25) is 0 Å². The zero-order valence-corrected chi connectivity index (χ0v) is 18.0. The smallest absolute Gasteiger partial charge is 0.298 e. The van der Waals surface area contributed by atoms with Crippen molar-refractivity contribution in [2.75, 3.05) is 14.2 Å². The molecule has 0 aromatic heterocycles. The van der Waals surface area contributed by atoms with Crippen molar-refractivity contribution in [3.05, 3.63) is 89.1 Å². The highest BCUT2D eigenvalue weighted by Crippen LogP contribution is 2.29. The molecular formula is C25H21N3O5. The quantitative estimate of drug-likeness (QED) is 0.446. The van der Waals surface area contributed by atoms with Crippen LogP contribution in [0, 0.1) is 0 Å². The molecule has 8 heteroatoms. The number of hydrogen-bond acceptors (Lipinski definition) is 7. The third-order valence-corrected chi connectivity index (χ3v) is 4.90. The Bertz CT molecular complexity index is 1280. The first kappa shape index (κ1) is 21.6. The number of amidine groups is 1. The van der Waals surface area contributed by atoms with Crippen LogP contribution in [0.25, 0.3) is 6.08 Å². The minimum Gasteiger partial charge on any atom is -0.504 e. The third kappa shape index (κ3) is 4.54. The normalized spacial score (nSPS) is 14.7. The van der Waals surface area contributed by atoms with Gasteiger partial charge in [-0.1, -0.05) is 36.4 Å². The van der Waals surface area contributed by atoms with Crippen LogP contribution in [-0.2, 0) is 4.79 Å². The standard InChI is InChI=1S/C25H21N3O5/c1-32-22-13-16(8-10-20(22)29)12-19-25(31)28(24(27-19)18-6-4-3-5-7-18)26-15-17-9-11-21(30)23(14-17)33-2/h3-15,29-30H,1-2H3. The predicted octanol–water partition coefficient (Wildman–Crippen LogP) is 3.78. The molecule has 0 saturated heterocycles. The van der Waals surface area contributed by atoms with Crippen molar-refractivity contribution in [3.63, 3.8) is 0 Å². The zero-order valence-electron chi connectivity index (χ0n) is 18.0. The third-order valence-electron chi connectivity index (χ3n) is 4.90. The van der Waals surface area contributed by atoms with Crippen molar-refractivity contribution in [1.82, 2.24) is 5.01 Å². The van der Waals surface area contributed by atoms with Crippen molar-refractivity contribution in [2.45, 2.75) is 0 Å². The van der Waals surface area contributed by atoms with Gasteiger partial charge in [-0.2, -0.15) is 10.1 Å². The molecule has 0 bridgehead atoms. The van der Waals surface area contributed by atoms with Gasteiger partial charge in [-0.25, -0.2) is 4.99 Å². The SMILES string of the molecule is COc1cc(C=NN2C(=O)C(=Cc3ccc(O)c(OC)c3)N=C2c2ccccc2)ccc1O. The Kier molecular flexibility index (Phi) is 6.08. The zero-order chi connectivity index (χ0) is 23.4. The number of methoxy groups -OCH3 is 2. The van der Waals surface area contributed by atoms with Crippen LogP contribution >= 0.6 is 0 Å². The lowest BCUT2D eigenvalue weighted by atomic mass is 10.1. The summed E-state index contributed by atoms with van der Waals surface area (Å²) in [5.74, 6) is 0.556. The Morgan fingerprint density at radius 2 is 1.48 bits per heavy atom. The highest BCUT2D eigenvalue weighted by atomic mass is 16.5. The average Bonchev–Trinajstić information content (AvgIpc) is 3.15. The van der Waals surface area contributed by atoms with E-state index in [1.807, 2.05) is 30.3 Å². The number of benzene rings is 3. The number of aliphatic imine (C=N–C) groups is 1. The molecule has 3 aromatic carbocycles. The van der Waals surface area contributed by atoms with E-state index in [1.54, 1.807) is 30.3 Å². The van der Waals surface area contributed by atoms with Crippen molar-refractivity contribution >= 4 is 24.0 Å². The molecule has 4 rings (SSSR count). The lowest BCUT2D eigenvalue weighted by molar-refractivity contribution is -0.122. The number of aromatic hydroxyl groups is 2. The molecule has 0 radical (unpaired) electrons. The van der Waals surface area contributed by atoms with Crippen LogP contribution in [0.2, 0.25) is 0 Å². The maximum Gasteiger partial charge on any atom is 0.298 e. The molecule has 0 unspecified atom stereocenters. The van der Waals surface area contributed by atoms with E-state index in [4.69, 9.17) is 9.47 Å². The molecule has 2 N–H and O–H groups in total. The summed E-state index contributed by atoms with van der Waals surface area (Å²) in [5, 5.41) is 25.2. The molecule has 1 aliphatic rings. The van der Waals surface area contributed by atoms with Gasteiger partial charge in [-0.15, -0.1) is 0 Å². The highest BCUT2D eigenvalue weighted by molar-refractivity contribution is 6.19. The van der Waals surface area contributed by atoms with Crippen molar-refractivity contribution < 1.29 is 24.5 Å². The predicted molar refractivity (Wildman–Crippen MR) is 125 cm³/mol. The lowest BCUT2D eigenvalue weighted by Gasteiger charge is -2.12. The van der Waals surface area contributed by atoms with Crippen LogP contribution in [-0.4, -0.2) is 47.4 Å². The summed E-state index contributed by atoms with van der Waals surface area (Å²) in [7, 11) is 2.91. The number of rotatable bonds is 6. The Hall–Kier alpha value is -4.59. The van der Waals surface area contributed by atoms with Gasteiger partial charge in [-0.3, -0.25) is 4.79 Å². The van der Waals surface area contributed by atoms with Crippen LogP contribution in [0.1, 0.15) is 16.7 Å². The number of carbonyl (C=O) groups excluding carboxylic acids is 1. The van der Waals surface area contributed by atoms with Crippen LogP contribution < -0.4 is 9.47 Å². The minimum absolute atomic E-state index is 0.00132. The molecule has 0 fully saturated rings. The second-order valence-electron chi connectivity index (χ2n) is 7.06. The Balaban J connectivity index is 1.72. The summed E-state index contributed by atoms with van der Waals surface area (Å²) in [4.78, 5) is 17.7. The van der Waals surface area contributed by atoms with Crippen LogP contribution in [0.15, 0.2) is 82.5 Å². The average molecular weight is 443 g/mol. The topological polar surface area (TPSA) is 104 Å². The number of carbonyl (C=O) groups is 1. The fourth-order valence-electron chi connectivity index (χ4n) is 3.23. The van der Waals surface area contributed by atoms with Crippen LogP contribution in [0.4, 0.5) is 0 Å². The van der Waals surface area contributed by atoms with E-state index < -0.39 is 5.91 Å². The Morgan fingerprint density at radius 3 is 2.12 bits per heavy atom. The first-order valence-corrected chi connectivity index (χ1v) is 9.98. The number of amides is 1. The first-order valence-electron chi connectivity index (χ1n) is 9.98. The minimum atomic E-state index is -0.414. The molecule has 33 heavy (non-hydrogen) atoms. The Labute approximate surface area is 190 Å². The van der Waals surface area contributed by atoms with E-state index >= 15 is 0 Å². The van der Waals surface area contributed by atoms with E-state index in [9.17, 15) is 15.0 Å². The molecule has 1 amide bonds. The maximum atomic E-state index is 13.2. The highest BCUT2D eigenvalue weighted by Gasteiger charge is 2.31. The molecule has 0 aliphatic carbocycles. The summed E-state index contributed by atoms with van der Waals surface area (Å²) in [6.45, 7) is 0. The summed E-state index contributed by atoms with van der Waals surface area (Å²) in [5.41, 5.74) is 2.17. The lowest BCUT2D eigenvalue weighted by Crippen LogP contribution is -2.27. The maximum absolute atomic E-state index is 13.2. The first-order chi connectivity index (χ1) is 16.0. The summed E-state index contributed by atoms with van der Waals surface area (Å²) >= 11 is 0. The summed E-state index contributed by atoms with van der Waals surface area (Å²) < 4.78 is 10.3. The van der Waals surface area contributed by atoms with Gasteiger partial charge in [0.1, 0.15) is 5.70 Å². The molecule has 1 heterocycles. The number of phenolic OH excluding ortho intramolecular Hbond substituents is 2. The summed E-state index contributed by atoms with van der Waals surface area (Å²) in [6, 6.07) is 18.8. The van der Waals surface area contributed by atoms with Crippen molar-refractivity contribution in [3.8, 4) is 23.0 Å². The van der Waals surface area contributed by atoms with Gasteiger partial charge in [0.25, 0.3) is 5.91 Å². The fourth-order valence-corrected chi connectivity index (χ4v) is 3.23. The van der Waals surface area contributed by atoms with Crippen LogP contribution in [0.5, 0.6) is 23.0 Å². The number of ether oxygens (including phenoxy) is 2. The molecular weight excluding hydrogens is 422 g/mol. The van der Waals surface area contributed by atoms with Gasteiger partial charge in [0.05, 0.1) is 20.4 Å². The van der Waals surface area contributed by atoms with Gasteiger partial charge in [0, 0.05) is 5.56 Å². The van der Waals surface area contributed by atoms with Gasteiger partial charge in [-0.05, 0) is 47.5 Å². The second-order valence-corrected chi connectivity index (χ2v) is 7.06. The molecule has 1 aliphatic heterocycles. The van der Waals surface area contributed by atoms with E-state index in [2.05, 4.69) is 10.1 Å². The monoisotopic (exact) mass is 443 g/mol. The second kappa shape index (κ2) is 9.27. The fraction of sp³-hybridized carbons (Fsp3) is 0.0800. The Morgan fingerprint density at radius 1 is 0.879 bits per heavy atom. The number of hydrogen-bond donors (Lipinski definition) is 2. The molecule has 8 nitrogen and oxygen atoms in total. The molecule has 3 aromatic rings. The van der Waals surface area contributed by atoms with E-state index in [0.717, 1.165) is 5.56 Å². The molecule has 0 saturated carbocycles. The number of phenols is 2. The van der Waals surface area contributed by atoms with Gasteiger partial charge < -0.3 is 19.7 Å². The number of hydrazone groups is 1. The molecule has 166 valence electrons. The van der Waals surface area contributed by atoms with Gasteiger partial charge >= 0.3 is 0 Å². The number of nitrogens with zero attached hydrogens (tertiary/aromatic N) is 3. The van der Waals surface area contributed by atoms with Crippen LogP contribution in [0.3, 0.4) is 0 Å². The van der Waals surface area contributed by atoms with E-state index in [0.29, 0.717) is 28.5 Å². The van der Waals surface area contributed by atoms with Crippen molar-refractivity contribution in [2.24, 2.45) is 10.1 Å². The van der Waals surface area contributed by atoms with Crippen molar-refractivity contribution in [1.29, 1.82) is 0 Å². The van der Waals surface area contributed by atoms with Gasteiger partial charge in [0.15, 0.2) is 28.8 Å². The van der Waals surface area contributed by atoms with E-state index in [-0.39, 0.29) is 17.2 Å². The largest absolute Gasteiger partial charge is 0.504 e.